The Hall–Kier alpha value is -2.30. The molecule has 2 aromatic rings. The van der Waals surface area contributed by atoms with Crippen molar-refractivity contribution < 1.29 is 28.6 Å². The minimum absolute atomic E-state index is 0.166. The Labute approximate surface area is 219 Å². The molecule has 3 rings (SSSR count). The molecule has 1 fully saturated rings. The highest BCUT2D eigenvalue weighted by molar-refractivity contribution is 9.10. The lowest BCUT2D eigenvalue weighted by Crippen LogP contribution is -2.42. The second-order valence-corrected chi connectivity index (χ2v) is 9.92. The van der Waals surface area contributed by atoms with Crippen LogP contribution in [-0.4, -0.2) is 41.3 Å². The number of carbonyl (C=O) groups excluding carboxylic acids is 3. The minimum Gasteiger partial charge on any atom is -0.490 e. The zero-order valence-corrected chi connectivity index (χ0v) is 22.8. The Morgan fingerprint density at radius 1 is 1.09 bits per heavy atom. The van der Waals surface area contributed by atoms with Gasteiger partial charge in [-0.1, -0.05) is 28.1 Å². The number of carbonyl (C=O) groups is 3. The van der Waals surface area contributed by atoms with Crippen molar-refractivity contribution in [3.63, 3.8) is 0 Å². The van der Waals surface area contributed by atoms with E-state index in [2.05, 4.69) is 31.9 Å². The molecule has 0 saturated carbocycles. The zero-order valence-electron chi connectivity index (χ0n) is 18.8. The predicted molar refractivity (Wildman–Crippen MR) is 138 cm³/mol. The zero-order chi connectivity index (χ0) is 24.8. The van der Waals surface area contributed by atoms with Gasteiger partial charge in [-0.25, -0.2) is 4.79 Å². The lowest BCUT2D eigenvalue weighted by atomic mass is 10.1. The minimum atomic E-state index is -1.00. The Kier molecular flexibility index (Phi) is 9.21. The molecule has 1 aliphatic rings. The first-order valence-electron chi connectivity index (χ1n) is 10.5. The fourth-order valence-corrected chi connectivity index (χ4v) is 4.89. The van der Waals surface area contributed by atoms with Gasteiger partial charge in [0.15, 0.2) is 11.5 Å². The van der Waals surface area contributed by atoms with Crippen molar-refractivity contribution in [2.75, 3.05) is 13.2 Å². The number of halogens is 2. The van der Waals surface area contributed by atoms with Crippen LogP contribution in [0.2, 0.25) is 0 Å². The average molecular weight is 613 g/mol. The predicted octanol–water partition coefficient (Wildman–Crippen LogP) is 6.18. The van der Waals surface area contributed by atoms with Gasteiger partial charge in [0.25, 0.3) is 11.1 Å². The number of amides is 2. The van der Waals surface area contributed by atoms with Gasteiger partial charge in [-0.15, -0.1) is 0 Å². The molecule has 1 saturated heterocycles. The molecule has 0 bridgehead atoms. The molecule has 10 heteroatoms. The summed E-state index contributed by atoms with van der Waals surface area (Å²) in [4.78, 5) is 38.4. The lowest BCUT2D eigenvalue weighted by molar-refractivity contribution is -0.150. The molecule has 0 radical (unpaired) electrons. The molecule has 7 nitrogen and oxygen atoms in total. The van der Waals surface area contributed by atoms with Crippen LogP contribution in [0.1, 0.15) is 31.9 Å². The summed E-state index contributed by atoms with van der Waals surface area (Å²) >= 11 is 7.72. The van der Waals surface area contributed by atoms with Crippen molar-refractivity contribution in [1.29, 1.82) is 0 Å². The van der Waals surface area contributed by atoms with Crippen molar-refractivity contribution >= 4 is 66.8 Å². The van der Waals surface area contributed by atoms with Crippen LogP contribution in [0.5, 0.6) is 11.5 Å². The van der Waals surface area contributed by atoms with Gasteiger partial charge in [0.05, 0.1) is 22.6 Å². The molecule has 0 aromatic heterocycles. The van der Waals surface area contributed by atoms with E-state index >= 15 is 0 Å². The maximum Gasteiger partial charge on any atom is 0.329 e. The second kappa shape index (κ2) is 11.9. The number of benzene rings is 2. The molecule has 1 heterocycles. The van der Waals surface area contributed by atoms with Gasteiger partial charge >= 0.3 is 5.97 Å². The van der Waals surface area contributed by atoms with Crippen LogP contribution in [0, 0.1) is 0 Å². The van der Waals surface area contributed by atoms with E-state index in [0.29, 0.717) is 34.7 Å². The first-order chi connectivity index (χ1) is 16.2. The number of rotatable bonds is 9. The molecule has 2 amide bonds. The number of hydrogen-bond donors (Lipinski definition) is 0. The van der Waals surface area contributed by atoms with Gasteiger partial charge in [0.1, 0.15) is 12.6 Å². The molecule has 0 spiro atoms. The van der Waals surface area contributed by atoms with Crippen LogP contribution in [0.3, 0.4) is 0 Å². The van der Waals surface area contributed by atoms with E-state index in [-0.39, 0.29) is 11.5 Å². The summed E-state index contributed by atoms with van der Waals surface area (Å²) in [7, 11) is 0. The standard InChI is InChI=1S/C24H23Br2NO6S/c1-4-31-19-11-16(10-18(26)21(19)33-13-15-6-8-17(25)9-7-15)12-20-22(28)27(24(30)34-20)14(3)23(29)32-5-2/h6-12,14H,4-5,13H2,1-3H3/b20-12+/t14-/m1/s1. The molecule has 0 unspecified atom stereocenters. The highest BCUT2D eigenvalue weighted by atomic mass is 79.9. The fourth-order valence-electron chi connectivity index (χ4n) is 3.14. The van der Waals surface area contributed by atoms with E-state index in [9.17, 15) is 14.4 Å². The van der Waals surface area contributed by atoms with Crippen LogP contribution >= 0.6 is 43.6 Å². The van der Waals surface area contributed by atoms with Gasteiger partial charge in [-0.05, 0) is 89.9 Å². The van der Waals surface area contributed by atoms with Gasteiger partial charge < -0.3 is 14.2 Å². The molecule has 0 aliphatic carbocycles. The van der Waals surface area contributed by atoms with E-state index in [1.807, 2.05) is 31.2 Å². The Morgan fingerprint density at radius 2 is 1.79 bits per heavy atom. The summed E-state index contributed by atoms with van der Waals surface area (Å²) in [5.74, 6) is -0.134. The summed E-state index contributed by atoms with van der Waals surface area (Å²) in [5.41, 5.74) is 1.63. The first kappa shape index (κ1) is 26.3. The number of nitrogens with zero attached hydrogens (tertiary/aromatic N) is 1. The van der Waals surface area contributed by atoms with Crippen LogP contribution < -0.4 is 9.47 Å². The monoisotopic (exact) mass is 611 g/mol. The third kappa shape index (κ3) is 6.22. The van der Waals surface area contributed by atoms with Gasteiger partial charge in [-0.2, -0.15) is 0 Å². The molecule has 0 N–H and O–H groups in total. The summed E-state index contributed by atoms with van der Waals surface area (Å²) in [6.07, 6.45) is 1.59. The SMILES string of the molecule is CCOC(=O)[C@@H](C)N1C(=O)S/C(=C/c2cc(Br)c(OCc3ccc(Br)cc3)c(OCC)c2)C1=O. The molecule has 1 aliphatic heterocycles. The summed E-state index contributed by atoms with van der Waals surface area (Å²) in [6.45, 7) is 5.92. The van der Waals surface area contributed by atoms with Gasteiger partial charge in [0, 0.05) is 4.47 Å². The van der Waals surface area contributed by atoms with E-state index < -0.39 is 23.2 Å². The van der Waals surface area contributed by atoms with Crippen molar-refractivity contribution in [3.05, 3.63) is 61.4 Å². The first-order valence-corrected chi connectivity index (χ1v) is 12.9. The van der Waals surface area contributed by atoms with Gasteiger partial charge in [-0.3, -0.25) is 14.5 Å². The summed E-state index contributed by atoms with van der Waals surface area (Å²) in [5, 5.41) is -0.518. The van der Waals surface area contributed by atoms with Gasteiger partial charge in [0.2, 0.25) is 0 Å². The molecule has 1 atom stereocenters. The largest absolute Gasteiger partial charge is 0.490 e. The third-order valence-electron chi connectivity index (χ3n) is 4.76. The maximum atomic E-state index is 12.9. The Balaban J connectivity index is 1.84. The number of hydrogen-bond acceptors (Lipinski definition) is 7. The molecule has 34 heavy (non-hydrogen) atoms. The Bertz CT molecular complexity index is 1120. The average Bonchev–Trinajstić information content (AvgIpc) is 3.07. The number of ether oxygens (including phenoxy) is 3. The summed E-state index contributed by atoms with van der Waals surface area (Å²) in [6, 6.07) is 10.3. The number of esters is 1. The summed E-state index contributed by atoms with van der Waals surface area (Å²) < 4.78 is 18.4. The van der Waals surface area contributed by atoms with E-state index in [0.717, 1.165) is 26.7 Å². The van der Waals surface area contributed by atoms with Crippen molar-refractivity contribution in [1.82, 2.24) is 4.90 Å². The fraction of sp³-hybridized carbons (Fsp3) is 0.292. The third-order valence-corrected chi connectivity index (χ3v) is 6.77. The van der Waals surface area contributed by atoms with E-state index in [1.54, 1.807) is 25.1 Å². The van der Waals surface area contributed by atoms with Crippen LogP contribution in [0.25, 0.3) is 6.08 Å². The highest BCUT2D eigenvalue weighted by Crippen LogP contribution is 2.40. The maximum absolute atomic E-state index is 12.9. The molecule has 180 valence electrons. The lowest BCUT2D eigenvalue weighted by Gasteiger charge is -2.19. The number of imide groups is 1. The quantitative estimate of drug-likeness (QED) is 0.247. The van der Waals surface area contributed by atoms with E-state index in [1.165, 1.54) is 6.92 Å². The smallest absolute Gasteiger partial charge is 0.329 e. The topological polar surface area (TPSA) is 82.1 Å². The second-order valence-electron chi connectivity index (χ2n) is 7.16. The van der Waals surface area contributed by atoms with E-state index in [4.69, 9.17) is 14.2 Å². The van der Waals surface area contributed by atoms with Crippen molar-refractivity contribution in [2.45, 2.75) is 33.4 Å². The van der Waals surface area contributed by atoms with Crippen LogP contribution in [0.4, 0.5) is 4.79 Å². The molecule has 2 aromatic carbocycles. The molecular weight excluding hydrogens is 590 g/mol. The van der Waals surface area contributed by atoms with Crippen LogP contribution in [-0.2, 0) is 20.9 Å². The van der Waals surface area contributed by atoms with Crippen molar-refractivity contribution in [3.8, 4) is 11.5 Å². The number of thioether (sulfide) groups is 1. The van der Waals surface area contributed by atoms with Crippen LogP contribution in [0.15, 0.2) is 50.2 Å². The Morgan fingerprint density at radius 3 is 2.44 bits per heavy atom. The normalized spacial score (nSPS) is 15.6. The highest BCUT2D eigenvalue weighted by Gasteiger charge is 2.41. The van der Waals surface area contributed by atoms with Crippen molar-refractivity contribution in [2.24, 2.45) is 0 Å². The molecular formula is C24H23Br2NO6S.